The van der Waals surface area contributed by atoms with Crippen LogP contribution in [-0.4, -0.2) is 42.5 Å². The maximum atomic E-state index is 12.5. The van der Waals surface area contributed by atoms with Gasteiger partial charge in [-0.1, -0.05) is 30.3 Å². The van der Waals surface area contributed by atoms with Gasteiger partial charge in [0.25, 0.3) is 5.91 Å². The molecule has 1 fully saturated rings. The van der Waals surface area contributed by atoms with Crippen molar-refractivity contribution in [2.45, 2.75) is 39.3 Å². The third kappa shape index (κ3) is 6.88. The highest BCUT2D eigenvalue weighted by Gasteiger charge is 2.20. The molecule has 1 aliphatic heterocycles. The van der Waals surface area contributed by atoms with Crippen molar-refractivity contribution in [3.05, 3.63) is 65.7 Å². The van der Waals surface area contributed by atoms with Crippen molar-refractivity contribution in [1.82, 2.24) is 15.5 Å². The van der Waals surface area contributed by atoms with Crippen LogP contribution in [0.3, 0.4) is 0 Å². The fourth-order valence-corrected chi connectivity index (χ4v) is 3.78. The highest BCUT2D eigenvalue weighted by Crippen LogP contribution is 2.18. The number of nitrogens with zero attached hydrogens (tertiary/aromatic N) is 1. The minimum Gasteiger partial charge on any atom is -0.352 e. The zero-order valence-electron chi connectivity index (χ0n) is 17.9. The topological polar surface area (TPSA) is 73.5 Å². The van der Waals surface area contributed by atoms with E-state index in [-0.39, 0.29) is 18.0 Å². The molecule has 0 aromatic heterocycles. The van der Waals surface area contributed by atoms with Gasteiger partial charge in [0, 0.05) is 36.9 Å². The van der Waals surface area contributed by atoms with Crippen LogP contribution in [-0.2, 0) is 6.54 Å². The molecule has 6 heteroatoms. The summed E-state index contributed by atoms with van der Waals surface area (Å²) in [5.41, 5.74) is 2.59. The van der Waals surface area contributed by atoms with Crippen LogP contribution in [0.2, 0.25) is 0 Å². The van der Waals surface area contributed by atoms with Gasteiger partial charge in [0.2, 0.25) is 0 Å². The van der Waals surface area contributed by atoms with Crippen LogP contribution in [0.15, 0.2) is 54.6 Å². The van der Waals surface area contributed by atoms with Crippen molar-refractivity contribution >= 4 is 17.6 Å². The van der Waals surface area contributed by atoms with E-state index in [2.05, 4.69) is 45.1 Å². The van der Waals surface area contributed by atoms with E-state index in [1.807, 2.05) is 19.9 Å². The summed E-state index contributed by atoms with van der Waals surface area (Å²) in [5, 5.41) is 8.61. The molecule has 1 saturated heterocycles. The van der Waals surface area contributed by atoms with Crippen LogP contribution >= 0.6 is 0 Å². The number of nitrogens with one attached hydrogen (secondary N) is 3. The van der Waals surface area contributed by atoms with Gasteiger partial charge in [0.05, 0.1) is 0 Å². The SMILES string of the molecule is CC(C)NC(=O)Nc1ccc(C(=O)NCC2CCCN(Cc3ccccc3)C2)cc1. The summed E-state index contributed by atoms with van der Waals surface area (Å²) >= 11 is 0. The standard InChI is InChI=1S/C24H32N4O2/c1-18(2)26-24(30)27-22-12-10-21(11-13-22)23(29)25-15-20-9-6-14-28(17-20)16-19-7-4-3-5-8-19/h3-5,7-8,10-13,18,20H,6,9,14-17H2,1-2H3,(H,25,29)(H2,26,27,30). The van der Waals surface area contributed by atoms with Crippen LogP contribution in [0.25, 0.3) is 0 Å². The third-order valence-electron chi connectivity index (χ3n) is 5.23. The molecule has 3 amide bonds. The lowest BCUT2D eigenvalue weighted by atomic mass is 9.97. The van der Waals surface area contributed by atoms with Crippen LogP contribution < -0.4 is 16.0 Å². The van der Waals surface area contributed by atoms with E-state index in [4.69, 9.17) is 0 Å². The number of hydrogen-bond acceptors (Lipinski definition) is 3. The van der Waals surface area contributed by atoms with Gasteiger partial charge < -0.3 is 16.0 Å². The summed E-state index contributed by atoms with van der Waals surface area (Å²) in [4.78, 5) is 26.7. The predicted molar refractivity (Wildman–Crippen MR) is 121 cm³/mol. The molecule has 2 aromatic carbocycles. The maximum Gasteiger partial charge on any atom is 0.319 e. The van der Waals surface area contributed by atoms with Gasteiger partial charge in [0.1, 0.15) is 0 Å². The van der Waals surface area contributed by atoms with Crippen LogP contribution in [0.4, 0.5) is 10.5 Å². The molecule has 0 bridgehead atoms. The fraction of sp³-hybridized carbons (Fsp3) is 0.417. The van der Waals surface area contributed by atoms with E-state index in [0.717, 1.165) is 32.5 Å². The number of carbonyl (C=O) groups excluding carboxylic acids is 2. The smallest absolute Gasteiger partial charge is 0.319 e. The molecule has 0 radical (unpaired) electrons. The molecule has 30 heavy (non-hydrogen) atoms. The highest BCUT2D eigenvalue weighted by molar-refractivity contribution is 5.95. The summed E-state index contributed by atoms with van der Waals surface area (Å²) in [7, 11) is 0. The lowest BCUT2D eigenvalue weighted by molar-refractivity contribution is 0.0930. The molecule has 0 aliphatic carbocycles. The highest BCUT2D eigenvalue weighted by atomic mass is 16.2. The Balaban J connectivity index is 1.45. The Kier molecular flexibility index (Phi) is 7.85. The summed E-state index contributed by atoms with van der Waals surface area (Å²) < 4.78 is 0. The molecule has 3 rings (SSSR count). The van der Waals surface area contributed by atoms with Crippen molar-refractivity contribution < 1.29 is 9.59 Å². The van der Waals surface area contributed by atoms with Crippen molar-refractivity contribution in [2.24, 2.45) is 5.92 Å². The van der Waals surface area contributed by atoms with Crippen LogP contribution in [0, 0.1) is 5.92 Å². The number of likely N-dealkylation sites (tertiary alicyclic amines) is 1. The molecule has 3 N–H and O–H groups in total. The van der Waals surface area contributed by atoms with Gasteiger partial charge in [-0.2, -0.15) is 0 Å². The second kappa shape index (κ2) is 10.8. The molecule has 1 aliphatic rings. The Morgan fingerprint density at radius 1 is 1.07 bits per heavy atom. The summed E-state index contributed by atoms with van der Waals surface area (Å²) in [5.74, 6) is 0.389. The number of piperidine rings is 1. The van der Waals surface area contributed by atoms with Gasteiger partial charge >= 0.3 is 6.03 Å². The van der Waals surface area contributed by atoms with E-state index in [9.17, 15) is 9.59 Å². The van der Waals surface area contributed by atoms with E-state index in [1.165, 1.54) is 5.56 Å². The Bertz CT molecular complexity index is 821. The number of amides is 3. The molecular formula is C24H32N4O2. The minimum absolute atomic E-state index is 0.0680. The van der Waals surface area contributed by atoms with E-state index < -0.39 is 0 Å². The number of benzene rings is 2. The number of anilines is 1. The lowest BCUT2D eigenvalue weighted by Crippen LogP contribution is -2.40. The largest absolute Gasteiger partial charge is 0.352 e. The molecule has 0 spiro atoms. The Labute approximate surface area is 179 Å². The molecule has 6 nitrogen and oxygen atoms in total. The molecule has 1 unspecified atom stereocenters. The van der Waals surface area contributed by atoms with E-state index >= 15 is 0 Å². The average molecular weight is 409 g/mol. The van der Waals surface area contributed by atoms with Crippen molar-refractivity contribution in [1.29, 1.82) is 0 Å². The van der Waals surface area contributed by atoms with Gasteiger partial charge in [-0.15, -0.1) is 0 Å². The summed E-state index contributed by atoms with van der Waals surface area (Å²) in [6, 6.07) is 17.3. The predicted octanol–water partition coefficient (Wildman–Crippen LogP) is 3.86. The molecule has 2 aromatic rings. The number of urea groups is 1. The fourth-order valence-electron chi connectivity index (χ4n) is 3.78. The number of rotatable bonds is 7. The molecule has 0 saturated carbocycles. The zero-order chi connectivity index (χ0) is 21.3. The summed E-state index contributed by atoms with van der Waals surface area (Å²) in [6.45, 7) is 7.56. The monoisotopic (exact) mass is 408 g/mol. The maximum absolute atomic E-state index is 12.5. The number of hydrogen-bond donors (Lipinski definition) is 3. The third-order valence-corrected chi connectivity index (χ3v) is 5.23. The minimum atomic E-state index is -0.250. The molecule has 1 heterocycles. The van der Waals surface area contributed by atoms with E-state index in [0.29, 0.717) is 23.7 Å². The molecule has 1 atom stereocenters. The normalized spacial score (nSPS) is 16.8. The van der Waals surface area contributed by atoms with Crippen molar-refractivity contribution in [3.8, 4) is 0 Å². The Morgan fingerprint density at radius 3 is 2.50 bits per heavy atom. The first-order chi connectivity index (χ1) is 14.5. The molecular weight excluding hydrogens is 376 g/mol. The van der Waals surface area contributed by atoms with Crippen molar-refractivity contribution in [3.63, 3.8) is 0 Å². The summed E-state index contributed by atoms with van der Waals surface area (Å²) in [6.07, 6.45) is 2.30. The first-order valence-corrected chi connectivity index (χ1v) is 10.7. The average Bonchev–Trinajstić information content (AvgIpc) is 2.73. The van der Waals surface area contributed by atoms with Gasteiger partial charge in [-0.05, 0) is 69.0 Å². The first kappa shape index (κ1) is 21.8. The first-order valence-electron chi connectivity index (χ1n) is 10.7. The Hall–Kier alpha value is -2.86. The van der Waals surface area contributed by atoms with E-state index in [1.54, 1.807) is 24.3 Å². The second-order valence-electron chi connectivity index (χ2n) is 8.27. The van der Waals surface area contributed by atoms with Crippen LogP contribution in [0.1, 0.15) is 42.6 Å². The zero-order valence-corrected chi connectivity index (χ0v) is 17.9. The van der Waals surface area contributed by atoms with Gasteiger partial charge in [-0.25, -0.2) is 4.79 Å². The van der Waals surface area contributed by atoms with Crippen molar-refractivity contribution in [2.75, 3.05) is 25.0 Å². The molecule has 160 valence electrons. The van der Waals surface area contributed by atoms with Crippen LogP contribution in [0.5, 0.6) is 0 Å². The van der Waals surface area contributed by atoms with Gasteiger partial charge in [0.15, 0.2) is 0 Å². The number of carbonyl (C=O) groups is 2. The Morgan fingerprint density at radius 2 is 1.80 bits per heavy atom. The quantitative estimate of drug-likeness (QED) is 0.651. The lowest BCUT2D eigenvalue weighted by Gasteiger charge is -2.32. The van der Waals surface area contributed by atoms with Gasteiger partial charge in [-0.3, -0.25) is 9.69 Å². The second-order valence-corrected chi connectivity index (χ2v) is 8.27.